The molecule has 0 bridgehead atoms. The minimum Gasteiger partial charge on any atom is -0.0622 e. The van der Waals surface area contributed by atoms with E-state index in [1.165, 1.54) is 110 Å². The summed E-state index contributed by atoms with van der Waals surface area (Å²) in [6.07, 6.45) is 0.940. The largest absolute Gasteiger partial charge is 0.0622 e. The van der Waals surface area contributed by atoms with Gasteiger partial charge in [-0.15, -0.1) is 0 Å². The fourth-order valence-corrected chi connectivity index (χ4v) is 9.67. The van der Waals surface area contributed by atoms with Gasteiger partial charge in [-0.05, 0) is 129 Å². The highest BCUT2D eigenvalue weighted by atomic mass is 14.4. The highest BCUT2D eigenvalue weighted by Crippen LogP contribution is 2.56. The molecule has 0 atom stereocenters. The molecule has 0 heterocycles. The van der Waals surface area contributed by atoms with Crippen molar-refractivity contribution >= 4 is 32.3 Å². The Labute approximate surface area is 304 Å². The third-order valence-corrected chi connectivity index (χ3v) is 12.1. The van der Waals surface area contributed by atoms with Gasteiger partial charge in [0.15, 0.2) is 0 Å². The molecular formula is C52H36. The molecule has 0 aliphatic heterocycles. The number of rotatable bonds is 3. The Morgan fingerprint density at radius 3 is 1.67 bits per heavy atom. The summed E-state index contributed by atoms with van der Waals surface area (Å²) in [5, 5.41) is 7.70. The third-order valence-electron chi connectivity index (χ3n) is 12.1. The fraction of sp³-hybridized carbons (Fsp3) is 0.0769. The Kier molecular flexibility index (Phi) is 6.17. The maximum atomic E-state index is 2.41. The molecule has 0 fully saturated rings. The van der Waals surface area contributed by atoms with Crippen LogP contribution in [0.15, 0.2) is 170 Å². The van der Waals surface area contributed by atoms with E-state index in [2.05, 4.69) is 184 Å². The summed E-state index contributed by atoms with van der Waals surface area (Å²) in [6.45, 7) is 4.77. The zero-order valence-electron chi connectivity index (χ0n) is 29.4. The van der Waals surface area contributed by atoms with Crippen molar-refractivity contribution in [3.05, 3.63) is 192 Å². The Balaban J connectivity index is 1.15. The number of hydrogen-bond acceptors (Lipinski definition) is 0. The average molecular weight is 661 g/mol. The maximum absolute atomic E-state index is 2.41. The van der Waals surface area contributed by atoms with E-state index in [1.54, 1.807) is 0 Å². The van der Waals surface area contributed by atoms with Gasteiger partial charge in [0.05, 0.1) is 0 Å². The molecular weight excluding hydrogens is 625 g/mol. The van der Waals surface area contributed by atoms with Gasteiger partial charge in [0, 0.05) is 5.41 Å². The van der Waals surface area contributed by atoms with Crippen molar-refractivity contribution < 1.29 is 0 Å². The van der Waals surface area contributed by atoms with Crippen molar-refractivity contribution in [2.75, 3.05) is 0 Å². The van der Waals surface area contributed by atoms with Gasteiger partial charge in [-0.2, -0.15) is 0 Å². The lowest BCUT2D eigenvalue weighted by Crippen LogP contribution is -2.14. The van der Waals surface area contributed by atoms with E-state index in [-0.39, 0.29) is 5.41 Å². The summed E-state index contributed by atoms with van der Waals surface area (Å²) in [7, 11) is 0. The molecule has 0 saturated carbocycles. The van der Waals surface area contributed by atoms with Gasteiger partial charge in [-0.25, -0.2) is 0 Å². The van der Waals surface area contributed by atoms with E-state index < -0.39 is 0 Å². The van der Waals surface area contributed by atoms with Gasteiger partial charge in [0.1, 0.15) is 0 Å². The van der Waals surface area contributed by atoms with E-state index >= 15 is 0 Å². The Bertz CT molecular complexity index is 2880. The molecule has 0 aromatic heterocycles. The summed E-state index contributed by atoms with van der Waals surface area (Å²) in [5.74, 6) is 0. The molecule has 9 aromatic carbocycles. The van der Waals surface area contributed by atoms with E-state index in [1.807, 2.05) is 0 Å². The van der Waals surface area contributed by atoms with Gasteiger partial charge >= 0.3 is 0 Å². The van der Waals surface area contributed by atoms with Crippen LogP contribution < -0.4 is 0 Å². The molecule has 11 rings (SSSR count). The summed E-state index contributed by atoms with van der Waals surface area (Å²) in [6, 6.07) is 63.6. The van der Waals surface area contributed by atoms with Gasteiger partial charge in [-0.3, -0.25) is 0 Å². The predicted molar refractivity (Wildman–Crippen MR) is 221 cm³/mol. The molecule has 9 aromatic rings. The summed E-state index contributed by atoms with van der Waals surface area (Å²) in [5.41, 5.74) is 19.1. The van der Waals surface area contributed by atoms with Crippen molar-refractivity contribution in [2.24, 2.45) is 0 Å². The number of fused-ring (bicyclic) bond motifs is 10. The van der Waals surface area contributed by atoms with Gasteiger partial charge in [-0.1, -0.05) is 172 Å². The highest BCUT2D eigenvalue weighted by molar-refractivity contribution is 6.22. The lowest BCUT2D eigenvalue weighted by atomic mass is 9.81. The predicted octanol–water partition coefficient (Wildman–Crippen LogP) is 14.0. The van der Waals surface area contributed by atoms with E-state index in [0.717, 1.165) is 6.42 Å². The number of benzene rings is 9. The Morgan fingerprint density at radius 2 is 0.942 bits per heavy atom. The van der Waals surface area contributed by atoms with E-state index in [9.17, 15) is 0 Å². The van der Waals surface area contributed by atoms with Crippen LogP contribution in [0.3, 0.4) is 0 Å². The molecule has 0 spiro atoms. The Morgan fingerprint density at radius 1 is 0.365 bits per heavy atom. The van der Waals surface area contributed by atoms with Crippen LogP contribution in [0.25, 0.3) is 88.0 Å². The SMILES string of the molecule is CC1(C)c2ccccc2-c2c1ccc1c2-c2cccc(-c3c4ccccc4c(-c4ccc5ccc(-c6ccccc6)cc5c4)c4ccccc34)c2C1. The molecule has 0 N–H and O–H groups in total. The van der Waals surface area contributed by atoms with Crippen LogP contribution in [0.2, 0.25) is 0 Å². The van der Waals surface area contributed by atoms with Crippen LogP contribution in [-0.2, 0) is 11.8 Å². The molecule has 52 heavy (non-hydrogen) atoms. The Hall–Kier alpha value is -6.24. The lowest BCUT2D eigenvalue weighted by Gasteiger charge is -2.21. The zero-order chi connectivity index (χ0) is 34.6. The standard InChI is InChI=1S/C52H36/c1-52(2)46-22-11-10-19-44(46)51-47(52)28-27-36-31-45-42(49(36)51)20-12-21-43(45)50-40-17-8-6-15-38(40)48(39-16-7-9-18-41(39)50)35-26-24-33-23-25-34(29-37(33)30-35)32-13-4-3-5-14-32/h3-30H,31H2,1-2H3. The smallest absolute Gasteiger partial charge is 0.0159 e. The van der Waals surface area contributed by atoms with E-state index in [4.69, 9.17) is 0 Å². The molecule has 0 heteroatoms. The molecule has 0 nitrogen and oxygen atoms in total. The lowest BCUT2D eigenvalue weighted by molar-refractivity contribution is 0.660. The van der Waals surface area contributed by atoms with Crippen LogP contribution in [0.5, 0.6) is 0 Å². The molecule has 0 unspecified atom stereocenters. The molecule has 0 saturated heterocycles. The second kappa shape index (κ2) is 10.9. The zero-order valence-corrected chi connectivity index (χ0v) is 29.4. The molecule has 0 radical (unpaired) electrons. The summed E-state index contributed by atoms with van der Waals surface area (Å²) < 4.78 is 0. The van der Waals surface area contributed by atoms with Gasteiger partial charge in [0.2, 0.25) is 0 Å². The minimum atomic E-state index is -0.0184. The third kappa shape index (κ3) is 4.10. The molecule has 0 amide bonds. The first-order valence-corrected chi connectivity index (χ1v) is 18.5. The topological polar surface area (TPSA) is 0 Å². The minimum absolute atomic E-state index is 0.0184. The van der Waals surface area contributed by atoms with Gasteiger partial charge in [0.25, 0.3) is 0 Å². The average Bonchev–Trinajstić information content (AvgIpc) is 3.69. The monoisotopic (exact) mass is 660 g/mol. The quantitative estimate of drug-likeness (QED) is 0.165. The van der Waals surface area contributed by atoms with Crippen molar-refractivity contribution in [3.63, 3.8) is 0 Å². The number of hydrogen-bond donors (Lipinski definition) is 0. The van der Waals surface area contributed by atoms with Crippen LogP contribution in [0.1, 0.15) is 36.1 Å². The highest BCUT2D eigenvalue weighted by Gasteiger charge is 2.39. The first kappa shape index (κ1) is 29.5. The first-order valence-electron chi connectivity index (χ1n) is 18.5. The summed E-state index contributed by atoms with van der Waals surface area (Å²) in [4.78, 5) is 0. The summed E-state index contributed by atoms with van der Waals surface area (Å²) >= 11 is 0. The van der Waals surface area contributed by atoms with E-state index in [0.29, 0.717) is 0 Å². The van der Waals surface area contributed by atoms with Crippen molar-refractivity contribution in [3.8, 4) is 55.6 Å². The van der Waals surface area contributed by atoms with Gasteiger partial charge < -0.3 is 0 Å². The fourth-order valence-electron chi connectivity index (χ4n) is 9.67. The maximum Gasteiger partial charge on any atom is 0.0159 e. The molecule has 244 valence electrons. The normalized spacial score (nSPS) is 13.7. The van der Waals surface area contributed by atoms with Crippen molar-refractivity contribution in [1.29, 1.82) is 0 Å². The van der Waals surface area contributed by atoms with Crippen LogP contribution in [0, 0.1) is 0 Å². The second-order valence-electron chi connectivity index (χ2n) is 15.2. The van der Waals surface area contributed by atoms with Crippen LogP contribution in [0.4, 0.5) is 0 Å². The van der Waals surface area contributed by atoms with Crippen molar-refractivity contribution in [2.45, 2.75) is 25.7 Å². The second-order valence-corrected chi connectivity index (χ2v) is 15.2. The van der Waals surface area contributed by atoms with Crippen LogP contribution in [-0.4, -0.2) is 0 Å². The van der Waals surface area contributed by atoms with Crippen LogP contribution >= 0.6 is 0 Å². The van der Waals surface area contributed by atoms with Crippen molar-refractivity contribution in [1.82, 2.24) is 0 Å². The molecule has 2 aliphatic carbocycles. The molecule has 2 aliphatic rings. The first-order chi connectivity index (χ1) is 25.6.